The molecule has 1 aromatic carbocycles. The second kappa shape index (κ2) is 5.41. The third-order valence-corrected chi connectivity index (χ3v) is 3.71. The van der Waals surface area contributed by atoms with E-state index in [1.54, 1.807) is 0 Å². The molecule has 0 radical (unpaired) electrons. The maximum Gasteiger partial charge on any atom is 0.222 e. The number of rotatable bonds is 4. The van der Waals surface area contributed by atoms with Crippen LogP contribution in [0.4, 0.5) is 0 Å². The number of carbonyl (C=O) groups excluding carboxylic acids is 1. The molecule has 5 nitrogen and oxygen atoms in total. The molecule has 0 saturated carbocycles. The lowest BCUT2D eigenvalue weighted by atomic mass is 10.0. The van der Waals surface area contributed by atoms with Gasteiger partial charge in [0.25, 0.3) is 0 Å². The predicted molar refractivity (Wildman–Crippen MR) is 78.1 cm³/mol. The van der Waals surface area contributed by atoms with Crippen LogP contribution in [-0.2, 0) is 11.2 Å². The molecule has 0 fully saturated rings. The molecule has 1 amide bonds. The van der Waals surface area contributed by atoms with E-state index in [1.807, 2.05) is 32.0 Å². The van der Waals surface area contributed by atoms with Crippen LogP contribution in [0.2, 0.25) is 0 Å². The van der Waals surface area contributed by atoms with Gasteiger partial charge in [0, 0.05) is 23.8 Å². The number of furan rings is 1. The van der Waals surface area contributed by atoms with Gasteiger partial charge in [-0.1, -0.05) is 6.92 Å². The van der Waals surface area contributed by atoms with Crippen LogP contribution in [0.3, 0.4) is 0 Å². The Hall–Kier alpha value is -2.01. The van der Waals surface area contributed by atoms with Crippen LogP contribution in [0.1, 0.15) is 31.1 Å². The topological polar surface area (TPSA) is 71.7 Å². The van der Waals surface area contributed by atoms with Crippen LogP contribution in [0, 0.1) is 6.92 Å². The monoisotopic (exact) mass is 289 g/mol. The molecule has 2 aromatic rings. The van der Waals surface area contributed by atoms with Gasteiger partial charge in [-0.2, -0.15) is 0 Å². The SMILES string of the molecule is CCCC(=O)NC(O)[C@@H]1Cc2c(ccc3oc(C)cc23)O1. The van der Waals surface area contributed by atoms with E-state index < -0.39 is 12.3 Å². The fourth-order valence-electron chi connectivity index (χ4n) is 2.74. The largest absolute Gasteiger partial charge is 0.485 e. The average molecular weight is 289 g/mol. The van der Waals surface area contributed by atoms with E-state index in [9.17, 15) is 9.90 Å². The Balaban J connectivity index is 1.78. The van der Waals surface area contributed by atoms with E-state index >= 15 is 0 Å². The number of benzene rings is 1. The Morgan fingerprint density at radius 2 is 2.33 bits per heavy atom. The number of fused-ring (bicyclic) bond motifs is 3. The minimum absolute atomic E-state index is 0.158. The summed E-state index contributed by atoms with van der Waals surface area (Å²) < 4.78 is 11.4. The van der Waals surface area contributed by atoms with E-state index in [0.717, 1.165) is 34.5 Å². The highest BCUT2D eigenvalue weighted by Crippen LogP contribution is 2.36. The van der Waals surface area contributed by atoms with Gasteiger partial charge in [0.05, 0.1) is 0 Å². The number of aryl methyl sites for hydroxylation is 1. The highest BCUT2D eigenvalue weighted by Gasteiger charge is 2.31. The molecular formula is C16H19NO4. The van der Waals surface area contributed by atoms with Crippen molar-refractivity contribution in [2.75, 3.05) is 0 Å². The third kappa shape index (κ3) is 2.61. The van der Waals surface area contributed by atoms with E-state index in [-0.39, 0.29) is 5.91 Å². The van der Waals surface area contributed by atoms with Crippen molar-refractivity contribution in [1.29, 1.82) is 0 Å². The lowest BCUT2D eigenvalue weighted by molar-refractivity contribution is -0.126. The van der Waals surface area contributed by atoms with Crippen molar-refractivity contribution in [2.45, 2.75) is 45.4 Å². The molecule has 1 aromatic heterocycles. The van der Waals surface area contributed by atoms with E-state index in [0.29, 0.717) is 12.8 Å². The van der Waals surface area contributed by atoms with Gasteiger partial charge in [0.15, 0.2) is 6.23 Å². The molecular weight excluding hydrogens is 270 g/mol. The molecule has 0 aliphatic carbocycles. The highest BCUT2D eigenvalue weighted by atomic mass is 16.5. The first kappa shape index (κ1) is 13.9. The summed E-state index contributed by atoms with van der Waals surface area (Å²) in [6, 6.07) is 5.69. The summed E-state index contributed by atoms with van der Waals surface area (Å²) in [5.41, 5.74) is 1.85. The normalized spacial score (nSPS) is 18.3. The smallest absolute Gasteiger partial charge is 0.222 e. The standard InChI is InChI=1S/C16H19NO4/c1-3-4-15(18)17-16(19)14-8-11-10-7-9(2)20-12(10)5-6-13(11)21-14/h5-7,14,16,19H,3-4,8H2,1-2H3,(H,17,18)/t14-,16?/m0/s1. The molecule has 2 atom stereocenters. The Labute approximate surface area is 122 Å². The summed E-state index contributed by atoms with van der Waals surface area (Å²) in [5, 5.41) is 13.7. The Kier molecular flexibility index (Phi) is 3.59. The molecule has 5 heteroatoms. The molecule has 2 heterocycles. The number of hydrogen-bond donors (Lipinski definition) is 2. The van der Waals surface area contributed by atoms with E-state index in [2.05, 4.69) is 5.32 Å². The van der Waals surface area contributed by atoms with E-state index in [1.165, 1.54) is 0 Å². The number of aliphatic hydroxyl groups excluding tert-OH is 1. The third-order valence-electron chi connectivity index (χ3n) is 3.71. The van der Waals surface area contributed by atoms with Crippen molar-refractivity contribution in [1.82, 2.24) is 5.32 Å². The van der Waals surface area contributed by atoms with E-state index in [4.69, 9.17) is 9.15 Å². The second-order valence-electron chi connectivity index (χ2n) is 5.43. The fourth-order valence-corrected chi connectivity index (χ4v) is 2.74. The lowest BCUT2D eigenvalue weighted by Crippen LogP contribution is -2.45. The predicted octanol–water partition coefficient (Wildman–Crippen LogP) is 2.28. The van der Waals surface area contributed by atoms with Gasteiger partial charge in [-0.05, 0) is 31.5 Å². The first-order chi connectivity index (χ1) is 10.1. The number of nitrogens with one attached hydrogen (secondary N) is 1. The summed E-state index contributed by atoms with van der Waals surface area (Å²) in [6.45, 7) is 3.82. The molecule has 3 rings (SSSR count). The molecule has 112 valence electrons. The lowest BCUT2D eigenvalue weighted by Gasteiger charge is -2.19. The molecule has 0 bridgehead atoms. The van der Waals surface area contributed by atoms with Gasteiger partial charge in [-0.15, -0.1) is 0 Å². The minimum atomic E-state index is -1.00. The van der Waals surface area contributed by atoms with Gasteiger partial charge in [0.2, 0.25) is 5.91 Å². The molecule has 1 aliphatic heterocycles. The molecule has 0 spiro atoms. The van der Waals surface area contributed by atoms with Crippen molar-refractivity contribution >= 4 is 16.9 Å². The summed E-state index contributed by atoms with van der Waals surface area (Å²) in [4.78, 5) is 11.6. The zero-order valence-corrected chi connectivity index (χ0v) is 12.2. The fraction of sp³-hybridized carbons (Fsp3) is 0.438. The van der Waals surface area contributed by atoms with Crippen molar-refractivity contribution in [3.63, 3.8) is 0 Å². The maximum atomic E-state index is 11.6. The molecule has 0 saturated heterocycles. The molecule has 1 unspecified atom stereocenters. The minimum Gasteiger partial charge on any atom is -0.485 e. The van der Waals surface area contributed by atoms with Crippen molar-refractivity contribution in [3.05, 3.63) is 29.5 Å². The Morgan fingerprint density at radius 1 is 1.52 bits per heavy atom. The van der Waals surface area contributed by atoms with Crippen LogP contribution in [-0.4, -0.2) is 23.3 Å². The van der Waals surface area contributed by atoms with Crippen LogP contribution in [0.5, 0.6) is 5.75 Å². The molecule has 2 N–H and O–H groups in total. The van der Waals surface area contributed by atoms with Crippen LogP contribution >= 0.6 is 0 Å². The number of hydrogen-bond acceptors (Lipinski definition) is 4. The van der Waals surface area contributed by atoms with Gasteiger partial charge in [-0.3, -0.25) is 4.79 Å². The van der Waals surface area contributed by atoms with Crippen molar-refractivity contribution in [3.8, 4) is 5.75 Å². The van der Waals surface area contributed by atoms with Crippen LogP contribution < -0.4 is 10.1 Å². The highest BCUT2D eigenvalue weighted by molar-refractivity contribution is 5.85. The van der Waals surface area contributed by atoms with Gasteiger partial charge in [0.1, 0.15) is 23.2 Å². The van der Waals surface area contributed by atoms with Crippen LogP contribution in [0.25, 0.3) is 11.0 Å². The van der Waals surface area contributed by atoms with Crippen LogP contribution in [0.15, 0.2) is 22.6 Å². The summed E-state index contributed by atoms with van der Waals surface area (Å²) in [5.74, 6) is 1.43. The number of ether oxygens (including phenoxy) is 1. The zero-order valence-electron chi connectivity index (χ0n) is 12.2. The summed E-state index contributed by atoms with van der Waals surface area (Å²) >= 11 is 0. The quantitative estimate of drug-likeness (QED) is 0.847. The van der Waals surface area contributed by atoms with Gasteiger partial charge in [-0.25, -0.2) is 0 Å². The zero-order chi connectivity index (χ0) is 15.0. The maximum absolute atomic E-state index is 11.6. The Bertz CT molecular complexity index is 676. The number of aliphatic hydroxyl groups is 1. The number of amides is 1. The summed E-state index contributed by atoms with van der Waals surface area (Å²) in [7, 11) is 0. The van der Waals surface area contributed by atoms with Crippen molar-refractivity contribution in [2.24, 2.45) is 0 Å². The van der Waals surface area contributed by atoms with Gasteiger partial charge < -0.3 is 19.6 Å². The number of carbonyl (C=O) groups is 1. The second-order valence-corrected chi connectivity index (χ2v) is 5.43. The van der Waals surface area contributed by atoms with Gasteiger partial charge >= 0.3 is 0 Å². The Morgan fingerprint density at radius 3 is 3.10 bits per heavy atom. The first-order valence-corrected chi connectivity index (χ1v) is 7.24. The first-order valence-electron chi connectivity index (χ1n) is 7.24. The summed E-state index contributed by atoms with van der Waals surface area (Å²) in [6.07, 6.45) is 0.251. The van der Waals surface area contributed by atoms with Crippen molar-refractivity contribution < 1.29 is 19.1 Å². The average Bonchev–Trinajstić information content (AvgIpc) is 3.00. The molecule has 1 aliphatic rings. The molecule has 21 heavy (non-hydrogen) atoms.